The van der Waals surface area contributed by atoms with Gasteiger partial charge in [0.1, 0.15) is 34.3 Å². The van der Waals surface area contributed by atoms with Gasteiger partial charge in [-0.2, -0.15) is 0 Å². The van der Waals surface area contributed by atoms with Crippen molar-refractivity contribution in [2.24, 2.45) is 11.8 Å². The molecule has 2 fully saturated rings. The number of H-pyrrole nitrogens is 2. The van der Waals surface area contributed by atoms with E-state index in [0.29, 0.717) is 24.4 Å². The molecule has 2 aromatic carbocycles. The number of benzene rings is 2. The average Bonchev–Trinajstić information content (AvgIpc) is 4.02. The third-order valence-corrected chi connectivity index (χ3v) is 12.1. The van der Waals surface area contributed by atoms with Gasteiger partial charge in [-0.15, -0.1) is 11.3 Å². The molecule has 6 heterocycles. The fraction of sp³-hybridized carbons (Fsp3) is 0.450. The highest BCUT2D eigenvalue weighted by molar-refractivity contribution is 7.22. The molecule has 0 radical (unpaired) electrons. The molecule has 56 heavy (non-hydrogen) atoms. The lowest BCUT2D eigenvalue weighted by Gasteiger charge is -2.30. The zero-order chi connectivity index (χ0) is 39.4. The SMILES string of the molecule is COC(=O)N[C@H](C(=O)N1CCC[C@H]1c1nc2cnc3cc(-c4nc5ccc6nc([C@@H]7CCCN7C(=O)[C@@H](NC(C)=O)C(C)C)[nH]c6c5s4)ccc3c2[nH]1)C(C)C. The molecule has 0 aliphatic carbocycles. The number of nitrogens with zero attached hydrogens (tertiary/aromatic N) is 6. The largest absolute Gasteiger partial charge is 0.453 e. The number of imidazole rings is 2. The number of hydrogen-bond acceptors (Lipinski definition) is 10. The predicted molar refractivity (Wildman–Crippen MR) is 214 cm³/mol. The maximum absolute atomic E-state index is 13.7. The van der Waals surface area contributed by atoms with Crippen molar-refractivity contribution in [3.63, 3.8) is 0 Å². The summed E-state index contributed by atoms with van der Waals surface area (Å²) in [7, 11) is 1.29. The summed E-state index contributed by atoms with van der Waals surface area (Å²) in [6.07, 6.45) is 4.33. The number of rotatable bonds is 9. The molecular weight excluding hydrogens is 733 g/mol. The fourth-order valence-electron chi connectivity index (χ4n) is 8.16. The van der Waals surface area contributed by atoms with Gasteiger partial charge in [-0.1, -0.05) is 33.8 Å². The van der Waals surface area contributed by atoms with Crippen LogP contribution in [0.4, 0.5) is 4.79 Å². The zero-order valence-corrected chi connectivity index (χ0v) is 33.1. The van der Waals surface area contributed by atoms with Crippen LogP contribution >= 0.6 is 11.3 Å². The van der Waals surface area contributed by atoms with Crippen LogP contribution in [0.25, 0.3) is 53.8 Å². The second-order valence-electron chi connectivity index (χ2n) is 15.5. The maximum atomic E-state index is 13.7. The molecule has 0 spiro atoms. The number of likely N-dealkylation sites (tertiary alicyclic amines) is 2. The van der Waals surface area contributed by atoms with Crippen molar-refractivity contribution in [1.29, 1.82) is 0 Å². The number of carbonyl (C=O) groups excluding carboxylic acids is 4. The molecule has 0 bridgehead atoms. The molecule has 6 aromatic rings. The van der Waals surface area contributed by atoms with E-state index in [2.05, 4.69) is 20.6 Å². The van der Waals surface area contributed by atoms with Crippen molar-refractivity contribution in [1.82, 2.24) is 50.3 Å². The summed E-state index contributed by atoms with van der Waals surface area (Å²) in [5.41, 5.74) is 5.80. The molecular formula is C40H46N10O5S. The Bertz CT molecular complexity index is 2500. The number of hydrogen-bond donors (Lipinski definition) is 4. The summed E-state index contributed by atoms with van der Waals surface area (Å²) < 4.78 is 5.76. The number of alkyl carbamates (subject to hydrolysis) is 1. The van der Waals surface area contributed by atoms with Crippen molar-refractivity contribution >= 4 is 78.3 Å². The van der Waals surface area contributed by atoms with E-state index in [4.69, 9.17) is 24.7 Å². The molecule has 292 valence electrons. The molecule has 0 saturated carbocycles. The Morgan fingerprint density at radius 2 is 1.39 bits per heavy atom. The zero-order valence-electron chi connectivity index (χ0n) is 32.3. The van der Waals surface area contributed by atoms with E-state index in [1.165, 1.54) is 14.0 Å². The van der Waals surface area contributed by atoms with Crippen LogP contribution < -0.4 is 10.6 Å². The van der Waals surface area contributed by atoms with Crippen molar-refractivity contribution in [2.75, 3.05) is 20.2 Å². The summed E-state index contributed by atoms with van der Waals surface area (Å²) in [5.74, 6) is 0.788. The molecule has 2 aliphatic heterocycles. The van der Waals surface area contributed by atoms with E-state index in [1.807, 2.05) is 62.9 Å². The number of pyridine rings is 1. The minimum Gasteiger partial charge on any atom is -0.453 e. The summed E-state index contributed by atoms with van der Waals surface area (Å²) in [5, 5.41) is 7.29. The Labute approximate surface area is 327 Å². The van der Waals surface area contributed by atoms with E-state index in [0.717, 1.165) is 79.7 Å². The van der Waals surface area contributed by atoms with Gasteiger partial charge in [-0.3, -0.25) is 19.4 Å². The summed E-state index contributed by atoms with van der Waals surface area (Å²) in [6, 6.07) is 8.26. The maximum Gasteiger partial charge on any atom is 0.407 e. The van der Waals surface area contributed by atoms with Crippen molar-refractivity contribution in [3.8, 4) is 10.6 Å². The van der Waals surface area contributed by atoms with Crippen LogP contribution in [0.2, 0.25) is 0 Å². The van der Waals surface area contributed by atoms with Gasteiger partial charge in [-0.05, 0) is 61.8 Å². The quantitative estimate of drug-likeness (QED) is 0.134. The monoisotopic (exact) mass is 778 g/mol. The lowest BCUT2D eigenvalue weighted by molar-refractivity contribution is -0.138. The highest BCUT2D eigenvalue weighted by Gasteiger charge is 2.39. The number of methoxy groups -OCH3 is 1. The van der Waals surface area contributed by atoms with Crippen molar-refractivity contribution in [2.45, 2.75) is 84.5 Å². The number of ether oxygens (including phenoxy) is 1. The number of nitrogens with one attached hydrogen (secondary N) is 4. The van der Waals surface area contributed by atoms with Gasteiger partial charge in [-0.25, -0.2) is 19.7 Å². The topological polar surface area (TPSA) is 191 Å². The van der Waals surface area contributed by atoms with E-state index in [-0.39, 0.29) is 41.6 Å². The predicted octanol–water partition coefficient (Wildman–Crippen LogP) is 6.13. The molecule has 2 aliphatic rings. The lowest BCUT2D eigenvalue weighted by atomic mass is 10.0. The van der Waals surface area contributed by atoms with Crippen LogP contribution in [0.1, 0.15) is 84.0 Å². The number of thiazole rings is 1. The molecule has 4 atom stereocenters. The first-order valence-corrected chi connectivity index (χ1v) is 20.0. The Morgan fingerprint density at radius 1 is 0.786 bits per heavy atom. The first kappa shape index (κ1) is 37.3. The van der Waals surface area contributed by atoms with Gasteiger partial charge in [0.15, 0.2) is 0 Å². The second kappa shape index (κ2) is 14.8. The smallest absolute Gasteiger partial charge is 0.407 e. The van der Waals surface area contributed by atoms with Gasteiger partial charge in [0.05, 0.1) is 57.7 Å². The number of carbonyl (C=O) groups is 4. The van der Waals surface area contributed by atoms with E-state index >= 15 is 0 Å². The minimum absolute atomic E-state index is 0.0474. The third-order valence-electron chi connectivity index (χ3n) is 11.0. The Hall–Kier alpha value is -5.64. The van der Waals surface area contributed by atoms with Gasteiger partial charge in [0, 0.05) is 31.0 Å². The molecule has 4 amide bonds. The van der Waals surface area contributed by atoms with Crippen LogP contribution in [-0.4, -0.2) is 95.8 Å². The van der Waals surface area contributed by atoms with E-state index < -0.39 is 18.2 Å². The summed E-state index contributed by atoms with van der Waals surface area (Å²) >= 11 is 1.57. The first-order valence-electron chi connectivity index (χ1n) is 19.2. The van der Waals surface area contributed by atoms with Gasteiger partial charge < -0.3 is 35.1 Å². The number of amides is 4. The molecule has 0 unspecified atom stereocenters. The highest BCUT2D eigenvalue weighted by atomic mass is 32.1. The highest BCUT2D eigenvalue weighted by Crippen LogP contribution is 2.39. The fourth-order valence-corrected chi connectivity index (χ4v) is 9.22. The standard InChI is InChI=1S/C40H46N10O5S/c1-19(2)30(42-21(5)51)38(52)49-15-7-9-28(49)35-43-24-13-14-25-34(33(24)47-35)56-37(45-25)22-11-12-23-26(17-22)41-18-27-32(23)46-36(44-27)29-10-8-16-50(29)39(53)31(20(3)4)48-40(54)55-6/h11-14,17-20,28-31H,7-10,15-16H2,1-6H3,(H,42,51)(H,43,47)(H,44,46)(H,48,54)/t28-,29-,30-,31-/m0/s1. The average molecular weight is 779 g/mol. The van der Waals surface area contributed by atoms with Crippen LogP contribution in [0.3, 0.4) is 0 Å². The normalized spacial score (nSPS) is 18.5. The van der Waals surface area contributed by atoms with Crippen LogP contribution in [0, 0.1) is 11.8 Å². The molecule has 8 rings (SSSR count). The van der Waals surface area contributed by atoms with E-state index in [1.54, 1.807) is 22.4 Å². The molecule has 4 N–H and O–H groups in total. The van der Waals surface area contributed by atoms with Crippen LogP contribution in [-0.2, 0) is 19.1 Å². The summed E-state index contributed by atoms with van der Waals surface area (Å²) in [4.78, 5) is 81.6. The number of fused-ring (bicyclic) bond motifs is 6. The van der Waals surface area contributed by atoms with Crippen LogP contribution in [0.15, 0.2) is 36.5 Å². The van der Waals surface area contributed by atoms with Gasteiger partial charge in [0.25, 0.3) is 0 Å². The third kappa shape index (κ3) is 6.69. The minimum atomic E-state index is -0.713. The Morgan fingerprint density at radius 3 is 2.02 bits per heavy atom. The first-order chi connectivity index (χ1) is 26.9. The Balaban J connectivity index is 1.07. The molecule has 15 nitrogen and oxygen atoms in total. The van der Waals surface area contributed by atoms with Gasteiger partial charge in [0.2, 0.25) is 17.7 Å². The second-order valence-corrected chi connectivity index (χ2v) is 16.5. The molecule has 16 heteroatoms. The van der Waals surface area contributed by atoms with Gasteiger partial charge >= 0.3 is 6.09 Å². The number of aromatic nitrogens is 6. The Kier molecular flexibility index (Phi) is 9.85. The van der Waals surface area contributed by atoms with Crippen molar-refractivity contribution < 1.29 is 23.9 Å². The summed E-state index contributed by atoms with van der Waals surface area (Å²) in [6.45, 7) is 10.3. The molecule has 4 aromatic heterocycles. The number of aromatic amines is 2. The van der Waals surface area contributed by atoms with Crippen molar-refractivity contribution in [3.05, 3.63) is 48.2 Å². The van der Waals surface area contributed by atoms with Crippen LogP contribution in [0.5, 0.6) is 0 Å². The molecule has 2 saturated heterocycles. The van der Waals surface area contributed by atoms with E-state index in [9.17, 15) is 19.2 Å². The lowest BCUT2D eigenvalue weighted by Crippen LogP contribution is -2.51.